The highest BCUT2D eigenvalue weighted by Gasteiger charge is 2.44. The minimum absolute atomic E-state index is 0.00633. The molecule has 0 aliphatic carbocycles. The summed E-state index contributed by atoms with van der Waals surface area (Å²) in [5.41, 5.74) is 0.285. The molecule has 90 valence electrons. The van der Waals surface area contributed by atoms with Crippen LogP contribution in [0.15, 0.2) is 18.2 Å². The molecular formula is C13H12ClFO2. The maximum absolute atomic E-state index is 13.1. The van der Waals surface area contributed by atoms with Gasteiger partial charge in [0.25, 0.3) is 0 Å². The van der Waals surface area contributed by atoms with Crippen molar-refractivity contribution < 1.29 is 13.9 Å². The fourth-order valence-electron chi connectivity index (χ4n) is 2.80. The fraction of sp³-hybridized carbons (Fsp3) is 0.462. The molecule has 0 amide bonds. The topological polar surface area (TPSA) is 26.3 Å². The monoisotopic (exact) mass is 254 g/mol. The first-order valence-electron chi connectivity index (χ1n) is 5.80. The molecule has 2 saturated heterocycles. The van der Waals surface area contributed by atoms with E-state index in [4.69, 9.17) is 16.3 Å². The van der Waals surface area contributed by atoms with Gasteiger partial charge in [0.2, 0.25) is 0 Å². The molecule has 0 saturated carbocycles. The Kier molecular flexibility index (Phi) is 2.68. The highest BCUT2D eigenvalue weighted by Crippen LogP contribution is 2.40. The molecule has 2 aliphatic heterocycles. The predicted octanol–water partition coefficient (Wildman–Crippen LogP) is 3.23. The Morgan fingerprint density at radius 1 is 1.41 bits per heavy atom. The Morgan fingerprint density at radius 2 is 2.24 bits per heavy atom. The third kappa shape index (κ3) is 1.87. The van der Waals surface area contributed by atoms with Gasteiger partial charge in [-0.3, -0.25) is 4.79 Å². The van der Waals surface area contributed by atoms with Crippen LogP contribution < -0.4 is 0 Å². The molecule has 3 unspecified atom stereocenters. The molecule has 2 aliphatic rings. The van der Waals surface area contributed by atoms with Crippen LogP contribution in [0.2, 0.25) is 5.02 Å². The summed E-state index contributed by atoms with van der Waals surface area (Å²) in [5, 5.41) is 0.319. The Labute approximate surface area is 104 Å². The standard InChI is InChI=1S/C13H12ClFO2/c14-11-3-1-7(15)5-9(11)13(16)10-6-8-2-4-12(10)17-8/h1,3,5,8,10,12H,2,4,6H2. The van der Waals surface area contributed by atoms with Crippen LogP contribution in [0.3, 0.4) is 0 Å². The lowest BCUT2D eigenvalue weighted by atomic mass is 9.84. The molecular weight excluding hydrogens is 243 g/mol. The molecule has 2 fully saturated rings. The lowest BCUT2D eigenvalue weighted by Gasteiger charge is -2.17. The van der Waals surface area contributed by atoms with E-state index in [2.05, 4.69) is 0 Å². The molecule has 2 bridgehead atoms. The van der Waals surface area contributed by atoms with Crippen LogP contribution >= 0.6 is 11.6 Å². The van der Waals surface area contributed by atoms with E-state index < -0.39 is 5.82 Å². The van der Waals surface area contributed by atoms with Crippen LogP contribution in [-0.4, -0.2) is 18.0 Å². The minimum atomic E-state index is -0.429. The van der Waals surface area contributed by atoms with Crippen LogP contribution in [0.4, 0.5) is 4.39 Å². The molecule has 0 spiro atoms. The number of hydrogen-bond donors (Lipinski definition) is 0. The maximum atomic E-state index is 13.1. The average molecular weight is 255 g/mol. The lowest BCUT2D eigenvalue weighted by molar-refractivity contribution is 0.0743. The van der Waals surface area contributed by atoms with E-state index in [0.717, 1.165) is 19.3 Å². The number of fused-ring (bicyclic) bond motifs is 2. The van der Waals surface area contributed by atoms with Crippen molar-refractivity contribution in [1.29, 1.82) is 0 Å². The zero-order valence-electron chi connectivity index (χ0n) is 9.16. The van der Waals surface area contributed by atoms with Gasteiger partial charge >= 0.3 is 0 Å². The molecule has 3 atom stereocenters. The third-order valence-corrected chi connectivity index (χ3v) is 3.97. The van der Waals surface area contributed by atoms with Crippen molar-refractivity contribution in [3.05, 3.63) is 34.6 Å². The first kappa shape index (κ1) is 11.2. The van der Waals surface area contributed by atoms with E-state index in [0.29, 0.717) is 5.02 Å². The highest BCUT2D eigenvalue weighted by molar-refractivity contribution is 6.34. The average Bonchev–Trinajstić information content (AvgIpc) is 2.93. The van der Waals surface area contributed by atoms with Gasteiger partial charge in [-0.25, -0.2) is 4.39 Å². The van der Waals surface area contributed by atoms with Gasteiger partial charge in [-0.2, -0.15) is 0 Å². The smallest absolute Gasteiger partial charge is 0.170 e. The Balaban J connectivity index is 1.89. The molecule has 2 heterocycles. The first-order valence-corrected chi connectivity index (χ1v) is 6.17. The third-order valence-electron chi connectivity index (χ3n) is 3.64. The van der Waals surface area contributed by atoms with E-state index >= 15 is 0 Å². The van der Waals surface area contributed by atoms with Crippen molar-refractivity contribution in [3.8, 4) is 0 Å². The molecule has 3 rings (SSSR count). The number of halogens is 2. The fourth-order valence-corrected chi connectivity index (χ4v) is 3.01. The van der Waals surface area contributed by atoms with Crippen molar-refractivity contribution in [3.63, 3.8) is 0 Å². The first-order chi connectivity index (χ1) is 8.15. The molecule has 0 aromatic heterocycles. The number of hydrogen-bond acceptors (Lipinski definition) is 2. The largest absolute Gasteiger partial charge is 0.374 e. The number of carbonyl (C=O) groups is 1. The van der Waals surface area contributed by atoms with Crippen LogP contribution in [0.5, 0.6) is 0 Å². The Bertz CT molecular complexity index is 474. The summed E-state index contributed by atoms with van der Waals surface area (Å²) in [6, 6.07) is 3.91. The van der Waals surface area contributed by atoms with Crippen LogP contribution in [-0.2, 0) is 4.74 Å². The lowest BCUT2D eigenvalue weighted by Crippen LogP contribution is -2.25. The number of carbonyl (C=O) groups excluding carboxylic acids is 1. The summed E-state index contributed by atoms with van der Waals surface area (Å²) < 4.78 is 18.8. The van der Waals surface area contributed by atoms with Gasteiger partial charge in [0, 0.05) is 5.56 Å². The molecule has 1 aromatic rings. The number of rotatable bonds is 2. The van der Waals surface area contributed by atoms with Gasteiger partial charge in [-0.1, -0.05) is 11.6 Å². The van der Waals surface area contributed by atoms with Crippen molar-refractivity contribution in [2.24, 2.45) is 5.92 Å². The Hall–Kier alpha value is -0.930. The summed E-state index contributed by atoms with van der Waals surface area (Å²) in [5.74, 6) is -0.656. The van der Waals surface area contributed by atoms with Gasteiger partial charge in [0.1, 0.15) is 5.82 Å². The zero-order valence-corrected chi connectivity index (χ0v) is 9.91. The Morgan fingerprint density at radius 3 is 2.88 bits per heavy atom. The van der Waals surface area contributed by atoms with Crippen molar-refractivity contribution >= 4 is 17.4 Å². The van der Waals surface area contributed by atoms with Crippen LogP contribution in [0, 0.1) is 11.7 Å². The zero-order chi connectivity index (χ0) is 12.0. The maximum Gasteiger partial charge on any atom is 0.170 e. The number of benzene rings is 1. The second kappa shape index (κ2) is 4.07. The quantitative estimate of drug-likeness (QED) is 0.758. The molecule has 0 radical (unpaired) electrons. The van der Waals surface area contributed by atoms with Crippen molar-refractivity contribution in [1.82, 2.24) is 0 Å². The van der Waals surface area contributed by atoms with Gasteiger partial charge in [-0.05, 0) is 37.5 Å². The SMILES string of the molecule is O=C(c1cc(F)ccc1Cl)C1CC2CCC1O2. The van der Waals surface area contributed by atoms with E-state index in [1.54, 1.807) is 0 Å². The minimum Gasteiger partial charge on any atom is -0.374 e. The highest BCUT2D eigenvalue weighted by atomic mass is 35.5. The number of ether oxygens (including phenoxy) is 1. The van der Waals surface area contributed by atoms with Crippen molar-refractivity contribution in [2.45, 2.75) is 31.5 Å². The molecule has 17 heavy (non-hydrogen) atoms. The predicted molar refractivity (Wildman–Crippen MR) is 61.7 cm³/mol. The van der Waals surface area contributed by atoms with E-state index in [-0.39, 0.29) is 29.5 Å². The summed E-state index contributed by atoms with van der Waals surface area (Å²) in [6.45, 7) is 0. The summed E-state index contributed by atoms with van der Waals surface area (Å²) in [4.78, 5) is 12.3. The summed E-state index contributed by atoms with van der Waals surface area (Å²) >= 11 is 5.94. The van der Waals surface area contributed by atoms with Gasteiger partial charge < -0.3 is 4.74 Å². The van der Waals surface area contributed by atoms with Gasteiger partial charge in [0.15, 0.2) is 5.78 Å². The van der Waals surface area contributed by atoms with Crippen LogP contribution in [0.25, 0.3) is 0 Å². The molecule has 2 nitrogen and oxygen atoms in total. The van der Waals surface area contributed by atoms with Gasteiger partial charge in [-0.15, -0.1) is 0 Å². The van der Waals surface area contributed by atoms with Gasteiger partial charge in [0.05, 0.1) is 23.1 Å². The number of ketones is 1. The normalized spacial score (nSPS) is 30.8. The second-order valence-corrected chi connectivity index (χ2v) is 5.11. The van der Waals surface area contributed by atoms with Crippen molar-refractivity contribution in [2.75, 3.05) is 0 Å². The van der Waals surface area contributed by atoms with E-state index in [1.165, 1.54) is 18.2 Å². The summed E-state index contributed by atoms with van der Waals surface area (Å²) in [6.07, 6.45) is 2.92. The molecule has 4 heteroatoms. The van der Waals surface area contributed by atoms with Crippen LogP contribution in [0.1, 0.15) is 29.6 Å². The second-order valence-electron chi connectivity index (χ2n) is 4.70. The van der Waals surface area contributed by atoms with E-state index in [9.17, 15) is 9.18 Å². The van der Waals surface area contributed by atoms with E-state index in [1.807, 2.05) is 0 Å². The molecule has 0 N–H and O–H groups in total. The molecule has 1 aromatic carbocycles. The summed E-state index contributed by atoms with van der Waals surface area (Å²) in [7, 11) is 0. The number of Topliss-reactive ketones (excluding diaryl/α,β-unsaturated/α-hetero) is 1.